The lowest BCUT2D eigenvalue weighted by atomic mass is 10.3. The molecule has 0 atom stereocenters. The highest BCUT2D eigenvalue weighted by Crippen LogP contribution is 2.30. The van der Waals surface area contributed by atoms with E-state index in [0.717, 1.165) is 19.6 Å². The topological polar surface area (TPSA) is 101 Å². The molecule has 0 saturated carbocycles. The van der Waals surface area contributed by atoms with E-state index in [9.17, 15) is 10.1 Å². The molecule has 2 N–H and O–H groups in total. The van der Waals surface area contributed by atoms with E-state index in [4.69, 9.17) is 5.73 Å². The molecule has 1 aromatic rings. The van der Waals surface area contributed by atoms with Gasteiger partial charge in [-0.15, -0.1) is 0 Å². The Morgan fingerprint density at radius 1 is 1.39 bits per heavy atom. The van der Waals surface area contributed by atoms with Crippen molar-refractivity contribution in [1.82, 2.24) is 14.9 Å². The first-order valence-electron chi connectivity index (χ1n) is 5.85. The summed E-state index contributed by atoms with van der Waals surface area (Å²) in [6, 6.07) is 0. The summed E-state index contributed by atoms with van der Waals surface area (Å²) in [4.78, 5) is 22.4. The van der Waals surface area contributed by atoms with Crippen molar-refractivity contribution < 1.29 is 4.92 Å². The van der Waals surface area contributed by atoms with Crippen LogP contribution < -0.4 is 10.6 Å². The molecule has 98 valence electrons. The molecule has 0 aliphatic carbocycles. The van der Waals surface area contributed by atoms with Gasteiger partial charge in [0.05, 0.1) is 4.92 Å². The fourth-order valence-corrected chi connectivity index (χ4v) is 2.07. The predicted molar refractivity (Wildman–Crippen MR) is 67.4 cm³/mol. The average molecular weight is 252 g/mol. The van der Waals surface area contributed by atoms with Crippen LogP contribution in [0.4, 0.5) is 17.3 Å². The van der Waals surface area contributed by atoms with Crippen molar-refractivity contribution in [2.24, 2.45) is 0 Å². The molecule has 2 heterocycles. The summed E-state index contributed by atoms with van der Waals surface area (Å²) < 4.78 is 0. The normalized spacial score (nSPS) is 16.8. The lowest BCUT2D eigenvalue weighted by Gasteiger charge is -2.34. The van der Waals surface area contributed by atoms with E-state index in [-0.39, 0.29) is 11.5 Å². The maximum atomic E-state index is 11.0. The molecule has 0 radical (unpaired) electrons. The summed E-state index contributed by atoms with van der Waals surface area (Å²) in [5, 5.41) is 11.0. The maximum Gasteiger partial charge on any atom is 0.353 e. The number of piperazine rings is 1. The van der Waals surface area contributed by atoms with Gasteiger partial charge in [-0.1, -0.05) is 6.92 Å². The molecule has 1 fully saturated rings. The van der Waals surface area contributed by atoms with Crippen molar-refractivity contribution >= 4 is 17.3 Å². The van der Waals surface area contributed by atoms with Crippen molar-refractivity contribution in [3.8, 4) is 0 Å². The molecule has 1 aromatic heterocycles. The van der Waals surface area contributed by atoms with Crippen LogP contribution in [0.25, 0.3) is 0 Å². The van der Waals surface area contributed by atoms with Crippen LogP contribution in [0.2, 0.25) is 0 Å². The smallest absolute Gasteiger partial charge is 0.353 e. The largest absolute Gasteiger partial charge is 0.378 e. The van der Waals surface area contributed by atoms with Crippen LogP contribution in [0.3, 0.4) is 0 Å². The van der Waals surface area contributed by atoms with Gasteiger partial charge in [0.15, 0.2) is 0 Å². The van der Waals surface area contributed by atoms with Crippen LogP contribution in [-0.2, 0) is 0 Å². The van der Waals surface area contributed by atoms with E-state index in [1.807, 2.05) is 4.90 Å². The first-order chi connectivity index (χ1) is 8.63. The maximum absolute atomic E-state index is 11.0. The van der Waals surface area contributed by atoms with E-state index in [1.165, 1.54) is 6.33 Å². The van der Waals surface area contributed by atoms with Gasteiger partial charge in [0.2, 0.25) is 11.6 Å². The molecule has 18 heavy (non-hydrogen) atoms. The van der Waals surface area contributed by atoms with Crippen LogP contribution in [0.15, 0.2) is 6.33 Å². The molecule has 1 saturated heterocycles. The standard InChI is InChI=1S/C10H16N6O2/c1-2-14-3-5-15(6-4-14)10-8(16(17)18)9(11)12-7-13-10/h7H,2-6H2,1H3,(H2,11,12,13). The van der Waals surface area contributed by atoms with E-state index in [2.05, 4.69) is 21.8 Å². The zero-order valence-electron chi connectivity index (χ0n) is 10.2. The quantitative estimate of drug-likeness (QED) is 0.601. The number of hydrogen-bond donors (Lipinski definition) is 1. The minimum Gasteiger partial charge on any atom is -0.378 e. The molecule has 8 heteroatoms. The minimum atomic E-state index is -0.517. The summed E-state index contributed by atoms with van der Waals surface area (Å²) in [6.45, 7) is 6.26. The Balaban J connectivity index is 2.24. The third kappa shape index (κ3) is 2.33. The Hall–Kier alpha value is -1.96. The molecule has 0 unspecified atom stereocenters. The Morgan fingerprint density at radius 2 is 2.06 bits per heavy atom. The van der Waals surface area contributed by atoms with Crippen molar-refractivity contribution in [3.05, 3.63) is 16.4 Å². The van der Waals surface area contributed by atoms with Gasteiger partial charge in [0, 0.05) is 26.2 Å². The number of hydrogen-bond acceptors (Lipinski definition) is 7. The van der Waals surface area contributed by atoms with Gasteiger partial charge in [-0.2, -0.15) is 0 Å². The van der Waals surface area contributed by atoms with Gasteiger partial charge in [-0.3, -0.25) is 10.1 Å². The van der Waals surface area contributed by atoms with Gasteiger partial charge in [-0.05, 0) is 6.54 Å². The molecule has 0 spiro atoms. The van der Waals surface area contributed by atoms with Crippen molar-refractivity contribution in [2.45, 2.75) is 6.92 Å². The highest BCUT2D eigenvalue weighted by atomic mass is 16.6. The minimum absolute atomic E-state index is 0.0806. The molecule has 1 aliphatic heterocycles. The lowest BCUT2D eigenvalue weighted by molar-refractivity contribution is -0.383. The van der Waals surface area contributed by atoms with E-state index in [0.29, 0.717) is 18.9 Å². The number of nitrogens with zero attached hydrogens (tertiary/aromatic N) is 5. The number of aromatic nitrogens is 2. The monoisotopic (exact) mass is 252 g/mol. The predicted octanol–water partition coefficient (Wildman–Crippen LogP) is 0.109. The molecular formula is C10H16N6O2. The second-order valence-corrected chi connectivity index (χ2v) is 4.11. The number of nitrogen functional groups attached to an aromatic ring is 1. The van der Waals surface area contributed by atoms with Crippen LogP contribution >= 0.6 is 0 Å². The Kier molecular flexibility index (Phi) is 3.56. The molecule has 8 nitrogen and oxygen atoms in total. The summed E-state index contributed by atoms with van der Waals surface area (Å²) >= 11 is 0. The Morgan fingerprint density at radius 3 is 2.61 bits per heavy atom. The third-order valence-corrected chi connectivity index (χ3v) is 3.13. The number of rotatable bonds is 3. The molecule has 1 aliphatic rings. The van der Waals surface area contributed by atoms with Crippen LogP contribution in [-0.4, -0.2) is 52.5 Å². The van der Waals surface area contributed by atoms with Gasteiger partial charge in [0.25, 0.3) is 0 Å². The van der Waals surface area contributed by atoms with Crippen molar-refractivity contribution in [2.75, 3.05) is 43.4 Å². The van der Waals surface area contributed by atoms with E-state index in [1.54, 1.807) is 0 Å². The number of nitro groups is 1. The van der Waals surface area contributed by atoms with Crippen LogP contribution in [0.1, 0.15) is 6.92 Å². The van der Waals surface area contributed by atoms with E-state index < -0.39 is 4.92 Å². The van der Waals surface area contributed by atoms with E-state index >= 15 is 0 Å². The number of likely N-dealkylation sites (N-methyl/N-ethyl adjacent to an activating group) is 1. The van der Waals surface area contributed by atoms with Gasteiger partial charge in [-0.25, -0.2) is 9.97 Å². The highest BCUT2D eigenvalue weighted by molar-refractivity contribution is 5.68. The van der Waals surface area contributed by atoms with Crippen LogP contribution in [0.5, 0.6) is 0 Å². The first kappa shape index (κ1) is 12.5. The molecule has 0 bridgehead atoms. The summed E-state index contributed by atoms with van der Waals surface area (Å²) in [6.07, 6.45) is 1.27. The summed E-state index contributed by atoms with van der Waals surface area (Å²) in [5.41, 5.74) is 5.36. The molecule has 0 amide bonds. The second kappa shape index (κ2) is 5.13. The third-order valence-electron chi connectivity index (χ3n) is 3.13. The van der Waals surface area contributed by atoms with Gasteiger partial charge in [0.1, 0.15) is 6.33 Å². The lowest BCUT2D eigenvalue weighted by Crippen LogP contribution is -2.46. The number of anilines is 2. The van der Waals surface area contributed by atoms with Crippen molar-refractivity contribution in [1.29, 1.82) is 0 Å². The molecule has 2 rings (SSSR count). The van der Waals surface area contributed by atoms with Crippen LogP contribution in [0, 0.1) is 10.1 Å². The zero-order chi connectivity index (χ0) is 13.1. The molecule has 0 aromatic carbocycles. The SMILES string of the molecule is CCN1CCN(c2ncnc(N)c2[N+](=O)[O-])CC1. The van der Waals surface area contributed by atoms with Crippen molar-refractivity contribution in [3.63, 3.8) is 0 Å². The Labute approximate surface area is 105 Å². The Bertz CT molecular complexity index is 444. The van der Waals surface area contributed by atoms with Gasteiger partial charge < -0.3 is 15.5 Å². The average Bonchev–Trinajstić information content (AvgIpc) is 2.38. The first-order valence-corrected chi connectivity index (χ1v) is 5.85. The summed E-state index contributed by atoms with van der Waals surface area (Å²) in [5.74, 6) is 0.242. The second-order valence-electron chi connectivity index (χ2n) is 4.11. The summed E-state index contributed by atoms with van der Waals surface area (Å²) in [7, 11) is 0. The number of nitrogens with two attached hydrogens (primary N) is 1. The highest BCUT2D eigenvalue weighted by Gasteiger charge is 2.27. The van der Waals surface area contributed by atoms with Gasteiger partial charge >= 0.3 is 5.69 Å². The fourth-order valence-electron chi connectivity index (χ4n) is 2.07. The zero-order valence-corrected chi connectivity index (χ0v) is 10.2. The molecular weight excluding hydrogens is 236 g/mol. The fraction of sp³-hybridized carbons (Fsp3) is 0.600.